The van der Waals surface area contributed by atoms with Gasteiger partial charge in [0.1, 0.15) is 9.96 Å². The fourth-order valence-electron chi connectivity index (χ4n) is 1.82. The fraction of sp³-hybridized carbons (Fsp3) is 0.214. The smallest absolute Gasteiger partial charge is 0.406 e. The minimum Gasteiger partial charge on any atom is -0.406 e. The van der Waals surface area contributed by atoms with Gasteiger partial charge in [-0.3, -0.25) is 4.79 Å². The Balaban J connectivity index is 2.02. The highest BCUT2D eigenvalue weighted by Gasteiger charge is 2.31. The summed E-state index contributed by atoms with van der Waals surface area (Å²) in [6, 6.07) is 7.66. The van der Waals surface area contributed by atoms with E-state index in [4.69, 9.17) is 0 Å². The lowest BCUT2D eigenvalue weighted by molar-refractivity contribution is -0.274. The normalized spacial score (nSPS) is 12.2. The van der Waals surface area contributed by atoms with Crippen molar-refractivity contribution in [1.82, 2.24) is 4.31 Å². The van der Waals surface area contributed by atoms with E-state index in [1.807, 2.05) is 0 Å². The zero-order valence-electron chi connectivity index (χ0n) is 12.8. The van der Waals surface area contributed by atoms with E-state index in [0.29, 0.717) is 0 Å². The number of carbonyl (C=O) groups is 1. The van der Waals surface area contributed by atoms with Gasteiger partial charge in [0, 0.05) is 18.8 Å². The van der Waals surface area contributed by atoms with E-state index in [2.05, 4.69) is 10.1 Å². The number of carbonyl (C=O) groups excluding carboxylic acids is 1. The maximum atomic E-state index is 12.2. The van der Waals surface area contributed by atoms with Crippen molar-refractivity contribution in [2.24, 2.45) is 0 Å². The SMILES string of the molecule is CN(CC(=O)Nc1cccc(OC(F)(F)F)c1)S(=O)(=O)c1cccs1. The van der Waals surface area contributed by atoms with Gasteiger partial charge < -0.3 is 10.1 Å². The van der Waals surface area contributed by atoms with E-state index in [0.717, 1.165) is 27.8 Å². The van der Waals surface area contributed by atoms with Gasteiger partial charge in [-0.25, -0.2) is 8.42 Å². The number of hydrogen-bond donors (Lipinski definition) is 1. The number of sulfonamides is 1. The predicted octanol–water partition coefficient (Wildman–Crippen LogP) is 2.91. The lowest BCUT2D eigenvalue weighted by Crippen LogP contribution is -2.34. The third-order valence-corrected chi connectivity index (χ3v) is 6.05. The number of rotatable bonds is 6. The summed E-state index contributed by atoms with van der Waals surface area (Å²) >= 11 is 1.01. The van der Waals surface area contributed by atoms with Crippen LogP contribution < -0.4 is 10.1 Å². The van der Waals surface area contributed by atoms with Gasteiger partial charge in [-0.2, -0.15) is 4.31 Å². The average molecular weight is 394 g/mol. The Morgan fingerprint density at radius 1 is 1.28 bits per heavy atom. The molecule has 0 saturated carbocycles. The number of amides is 1. The summed E-state index contributed by atoms with van der Waals surface area (Å²) in [6.45, 7) is -0.495. The molecule has 1 heterocycles. The summed E-state index contributed by atoms with van der Waals surface area (Å²) < 4.78 is 65.7. The molecule has 1 aromatic heterocycles. The second-order valence-electron chi connectivity index (χ2n) is 4.82. The first kappa shape index (κ1) is 19.2. The Hall–Kier alpha value is -2.11. The molecular weight excluding hydrogens is 381 g/mol. The zero-order chi connectivity index (χ0) is 18.7. The number of benzene rings is 1. The number of ether oxygens (including phenoxy) is 1. The van der Waals surface area contributed by atoms with Crippen LogP contribution in [0.25, 0.3) is 0 Å². The van der Waals surface area contributed by atoms with Gasteiger partial charge in [0.15, 0.2) is 0 Å². The molecule has 0 aliphatic carbocycles. The van der Waals surface area contributed by atoms with Crippen molar-refractivity contribution in [3.8, 4) is 5.75 Å². The van der Waals surface area contributed by atoms with E-state index >= 15 is 0 Å². The van der Waals surface area contributed by atoms with Crippen molar-refractivity contribution in [2.45, 2.75) is 10.6 Å². The van der Waals surface area contributed by atoms with Crippen LogP contribution in [-0.2, 0) is 14.8 Å². The molecule has 0 atom stereocenters. The molecule has 0 aliphatic heterocycles. The second-order valence-corrected chi connectivity index (χ2v) is 8.04. The Morgan fingerprint density at radius 2 is 2.00 bits per heavy atom. The molecule has 0 radical (unpaired) electrons. The highest BCUT2D eigenvalue weighted by molar-refractivity contribution is 7.91. The summed E-state index contributed by atoms with van der Waals surface area (Å²) in [6.07, 6.45) is -4.85. The summed E-state index contributed by atoms with van der Waals surface area (Å²) in [5, 5.41) is 3.92. The first-order valence-corrected chi connectivity index (χ1v) is 9.05. The van der Waals surface area contributed by atoms with Crippen LogP contribution in [0, 0.1) is 0 Å². The Bertz CT molecular complexity index is 836. The lowest BCUT2D eigenvalue weighted by atomic mass is 10.3. The van der Waals surface area contributed by atoms with Crippen molar-refractivity contribution >= 4 is 33.0 Å². The molecule has 6 nitrogen and oxygen atoms in total. The molecule has 0 bridgehead atoms. The van der Waals surface area contributed by atoms with Gasteiger partial charge in [0.05, 0.1) is 6.54 Å². The van der Waals surface area contributed by atoms with Crippen molar-refractivity contribution in [2.75, 3.05) is 18.9 Å². The predicted molar refractivity (Wildman–Crippen MR) is 85.9 cm³/mol. The average Bonchev–Trinajstić information content (AvgIpc) is 3.00. The molecule has 0 aliphatic rings. The van der Waals surface area contributed by atoms with Crippen LogP contribution in [0.1, 0.15) is 0 Å². The van der Waals surface area contributed by atoms with Crippen molar-refractivity contribution < 1.29 is 31.1 Å². The van der Waals surface area contributed by atoms with E-state index in [1.165, 1.54) is 25.2 Å². The van der Waals surface area contributed by atoms with Crippen LogP contribution in [0.5, 0.6) is 5.75 Å². The Morgan fingerprint density at radius 3 is 2.60 bits per heavy atom. The van der Waals surface area contributed by atoms with Crippen LogP contribution in [0.15, 0.2) is 46.0 Å². The highest BCUT2D eigenvalue weighted by Crippen LogP contribution is 2.25. The topological polar surface area (TPSA) is 75.7 Å². The molecule has 0 unspecified atom stereocenters. The maximum Gasteiger partial charge on any atom is 0.573 e. The van der Waals surface area contributed by atoms with Crippen LogP contribution in [-0.4, -0.2) is 38.6 Å². The molecular formula is C14H13F3N2O4S2. The number of anilines is 1. The molecule has 1 amide bonds. The minimum atomic E-state index is -4.85. The molecule has 0 saturated heterocycles. The standard InChI is InChI=1S/C14H13F3N2O4S2/c1-19(25(21,22)13-6-3-7-24-13)9-12(20)18-10-4-2-5-11(8-10)23-14(15,16)17/h2-8H,9H2,1H3,(H,18,20). The minimum absolute atomic E-state index is 0.0497. The van der Waals surface area contributed by atoms with E-state index in [1.54, 1.807) is 11.4 Å². The van der Waals surface area contributed by atoms with Gasteiger partial charge in [0.25, 0.3) is 10.0 Å². The monoisotopic (exact) mass is 394 g/mol. The summed E-state index contributed by atoms with van der Waals surface area (Å²) in [4.78, 5) is 12.0. The molecule has 2 aromatic rings. The third-order valence-electron chi connectivity index (χ3n) is 2.88. The quantitative estimate of drug-likeness (QED) is 0.818. The zero-order valence-corrected chi connectivity index (χ0v) is 14.4. The second kappa shape index (κ2) is 7.42. The summed E-state index contributed by atoms with van der Waals surface area (Å²) in [7, 11) is -2.56. The van der Waals surface area contributed by atoms with Crippen molar-refractivity contribution in [3.05, 3.63) is 41.8 Å². The number of nitrogens with one attached hydrogen (secondary N) is 1. The first-order valence-electron chi connectivity index (χ1n) is 6.73. The molecule has 0 fully saturated rings. The lowest BCUT2D eigenvalue weighted by Gasteiger charge is -2.16. The number of hydrogen-bond acceptors (Lipinski definition) is 5. The van der Waals surface area contributed by atoms with Crippen LogP contribution in [0.4, 0.5) is 18.9 Å². The molecule has 0 spiro atoms. The number of nitrogens with zero attached hydrogens (tertiary/aromatic N) is 1. The third kappa shape index (κ3) is 5.44. The van der Waals surface area contributed by atoms with Gasteiger partial charge in [-0.1, -0.05) is 12.1 Å². The number of thiophene rings is 1. The largest absolute Gasteiger partial charge is 0.573 e. The maximum absolute atomic E-state index is 12.2. The highest BCUT2D eigenvalue weighted by atomic mass is 32.2. The number of halogens is 3. The molecule has 25 heavy (non-hydrogen) atoms. The van der Waals surface area contributed by atoms with E-state index in [-0.39, 0.29) is 9.90 Å². The van der Waals surface area contributed by atoms with E-state index < -0.39 is 34.6 Å². The Kier molecular flexibility index (Phi) is 5.70. The molecule has 1 aromatic carbocycles. The van der Waals surface area contributed by atoms with Gasteiger partial charge in [0.2, 0.25) is 5.91 Å². The summed E-state index contributed by atoms with van der Waals surface area (Å²) in [5.74, 6) is -1.20. The van der Waals surface area contributed by atoms with Crippen molar-refractivity contribution in [1.29, 1.82) is 0 Å². The first-order chi connectivity index (χ1) is 11.6. The van der Waals surface area contributed by atoms with Crippen LogP contribution >= 0.6 is 11.3 Å². The van der Waals surface area contributed by atoms with Crippen LogP contribution in [0.3, 0.4) is 0 Å². The van der Waals surface area contributed by atoms with Gasteiger partial charge >= 0.3 is 6.36 Å². The molecule has 11 heteroatoms. The number of alkyl halides is 3. The Labute approximate surface area is 145 Å². The van der Waals surface area contributed by atoms with E-state index in [9.17, 15) is 26.4 Å². The molecule has 2 rings (SSSR count). The van der Waals surface area contributed by atoms with Gasteiger partial charge in [-0.05, 0) is 23.6 Å². The van der Waals surface area contributed by atoms with Crippen molar-refractivity contribution in [3.63, 3.8) is 0 Å². The molecule has 136 valence electrons. The fourth-order valence-corrected chi connectivity index (χ4v) is 4.15. The summed E-state index contributed by atoms with van der Waals surface area (Å²) in [5.41, 5.74) is 0.0497. The van der Waals surface area contributed by atoms with Gasteiger partial charge in [-0.15, -0.1) is 24.5 Å². The van der Waals surface area contributed by atoms with Crippen LogP contribution in [0.2, 0.25) is 0 Å². The molecule has 1 N–H and O–H groups in total. The number of likely N-dealkylation sites (N-methyl/N-ethyl adjacent to an activating group) is 1.